The van der Waals surface area contributed by atoms with Crippen LogP contribution in [0.4, 0.5) is 4.79 Å². The Labute approximate surface area is 177 Å². The van der Waals surface area contributed by atoms with Crippen LogP contribution in [0.1, 0.15) is 11.1 Å². The van der Waals surface area contributed by atoms with Gasteiger partial charge in [0.05, 0.1) is 17.2 Å². The number of amides is 3. The molecule has 0 unspecified atom stereocenters. The molecule has 28 heavy (non-hydrogen) atoms. The number of rotatable bonds is 7. The van der Waals surface area contributed by atoms with Gasteiger partial charge in [-0.15, -0.1) is 0 Å². The van der Waals surface area contributed by atoms with Gasteiger partial charge in [-0.3, -0.25) is 9.69 Å². The van der Waals surface area contributed by atoms with Crippen LogP contribution >= 0.6 is 22.6 Å². The third kappa shape index (κ3) is 4.36. The van der Waals surface area contributed by atoms with E-state index in [4.69, 9.17) is 9.47 Å². The molecule has 0 aromatic heterocycles. The second kappa shape index (κ2) is 8.92. The van der Waals surface area contributed by atoms with Gasteiger partial charge in [-0.1, -0.05) is 43.0 Å². The summed E-state index contributed by atoms with van der Waals surface area (Å²) in [6.07, 6.45) is 3.28. The first-order valence-corrected chi connectivity index (χ1v) is 9.61. The molecule has 0 bridgehead atoms. The Kier molecular flexibility index (Phi) is 6.35. The van der Waals surface area contributed by atoms with Crippen molar-refractivity contribution >= 4 is 40.6 Å². The molecule has 0 spiro atoms. The molecular formula is C21H19IN2O4. The molecule has 1 heterocycles. The van der Waals surface area contributed by atoms with E-state index < -0.39 is 6.03 Å². The van der Waals surface area contributed by atoms with E-state index in [1.165, 1.54) is 4.90 Å². The molecule has 144 valence electrons. The lowest BCUT2D eigenvalue weighted by Crippen LogP contribution is -2.30. The van der Waals surface area contributed by atoms with Crippen molar-refractivity contribution in [3.05, 3.63) is 75.5 Å². The van der Waals surface area contributed by atoms with E-state index in [0.717, 1.165) is 14.7 Å². The maximum Gasteiger partial charge on any atom is 0.329 e. The van der Waals surface area contributed by atoms with Crippen molar-refractivity contribution in [2.24, 2.45) is 0 Å². The average Bonchev–Trinajstić information content (AvgIpc) is 2.95. The van der Waals surface area contributed by atoms with Crippen molar-refractivity contribution in [1.82, 2.24) is 10.2 Å². The number of ether oxygens (including phenoxy) is 2. The zero-order valence-electron chi connectivity index (χ0n) is 15.3. The van der Waals surface area contributed by atoms with Crippen LogP contribution in [0.3, 0.4) is 0 Å². The second-order valence-corrected chi connectivity index (χ2v) is 7.16. The number of carbonyl (C=O) groups is 2. The molecule has 1 N–H and O–H groups in total. The summed E-state index contributed by atoms with van der Waals surface area (Å²) < 4.78 is 11.9. The number of imide groups is 1. The van der Waals surface area contributed by atoms with Gasteiger partial charge in [-0.25, -0.2) is 4.79 Å². The Balaban J connectivity index is 1.85. The molecule has 2 aromatic rings. The summed E-state index contributed by atoms with van der Waals surface area (Å²) in [5.74, 6) is 0.783. The Bertz CT molecular complexity index is 941. The number of benzene rings is 2. The molecule has 2 aromatic carbocycles. The maximum atomic E-state index is 12.7. The van der Waals surface area contributed by atoms with E-state index in [2.05, 4.69) is 34.5 Å². The first-order valence-electron chi connectivity index (χ1n) is 8.53. The molecule has 3 rings (SSSR count). The van der Waals surface area contributed by atoms with Gasteiger partial charge in [0.25, 0.3) is 5.91 Å². The Morgan fingerprint density at radius 1 is 1.21 bits per heavy atom. The zero-order valence-corrected chi connectivity index (χ0v) is 17.4. The Hall–Kier alpha value is -2.81. The van der Waals surface area contributed by atoms with E-state index >= 15 is 0 Å². The SMILES string of the molecule is C=CCOc1c(I)cc(/C=C2\NC(=O)N(Cc3ccccc3)C2=O)cc1OC. The third-order valence-corrected chi connectivity index (χ3v) is 4.86. The standard InChI is InChI=1S/C21H19IN2O4/c1-3-9-28-19-16(22)10-15(12-18(19)27-2)11-17-20(25)24(21(26)23-17)13-14-7-5-4-6-8-14/h3-8,10-12H,1,9,13H2,2H3,(H,23,26)/b17-11-. The molecule has 0 radical (unpaired) electrons. The number of carbonyl (C=O) groups excluding carboxylic acids is 2. The minimum atomic E-state index is -0.437. The predicted octanol–water partition coefficient (Wildman–Crippen LogP) is 3.96. The highest BCUT2D eigenvalue weighted by Crippen LogP contribution is 2.34. The van der Waals surface area contributed by atoms with Crippen molar-refractivity contribution in [1.29, 1.82) is 0 Å². The van der Waals surface area contributed by atoms with Crippen molar-refractivity contribution in [2.75, 3.05) is 13.7 Å². The van der Waals surface area contributed by atoms with Gasteiger partial charge < -0.3 is 14.8 Å². The summed E-state index contributed by atoms with van der Waals surface area (Å²) in [5, 5.41) is 2.64. The fourth-order valence-electron chi connectivity index (χ4n) is 2.75. The van der Waals surface area contributed by atoms with Crippen molar-refractivity contribution in [3.8, 4) is 11.5 Å². The summed E-state index contributed by atoms with van der Waals surface area (Å²) in [6.45, 7) is 4.22. The molecular weight excluding hydrogens is 471 g/mol. The van der Waals surface area contributed by atoms with E-state index in [-0.39, 0.29) is 18.1 Å². The number of urea groups is 1. The molecule has 6 nitrogen and oxygen atoms in total. The molecule has 0 saturated carbocycles. The summed E-state index contributed by atoms with van der Waals surface area (Å²) in [7, 11) is 1.55. The van der Waals surface area contributed by atoms with Crippen LogP contribution in [0, 0.1) is 3.57 Å². The zero-order chi connectivity index (χ0) is 20.1. The van der Waals surface area contributed by atoms with Crippen molar-refractivity contribution < 1.29 is 19.1 Å². The fourth-order valence-corrected chi connectivity index (χ4v) is 3.53. The Morgan fingerprint density at radius 3 is 2.64 bits per heavy atom. The topological polar surface area (TPSA) is 67.9 Å². The molecule has 0 atom stereocenters. The van der Waals surface area contributed by atoms with Crippen LogP contribution in [0.2, 0.25) is 0 Å². The minimum absolute atomic E-state index is 0.220. The summed E-state index contributed by atoms with van der Waals surface area (Å²) in [6, 6.07) is 12.5. The number of methoxy groups -OCH3 is 1. The summed E-state index contributed by atoms with van der Waals surface area (Å²) >= 11 is 2.14. The van der Waals surface area contributed by atoms with E-state index in [1.807, 2.05) is 36.4 Å². The Morgan fingerprint density at radius 2 is 1.96 bits per heavy atom. The van der Waals surface area contributed by atoms with Gasteiger partial charge in [0, 0.05) is 0 Å². The van der Waals surface area contributed by atoms with E-state index in [9.17, 15) is 9.59 Å². The maximum absolute atomic E-state index is 12.7. The van der Waals surface area contributed by atoms with Crippen molar-refractivity contribution in [2.45, 2.75) is 6.54 Å². The van der Waals surface area contributed by atoms with Crippen LogP contribution in [0.15, 0.2) is 60.8 Å². The highest BCUT2D eigenvalue weighted by Gasteiger charge is 2.33. The molecule has 1 fully saturated rings. The first-order chi connectivity index (χ1) is 13.5. The number of hydrogen-bond donors (Lipinski definition) is 1. The third-order valence-electron chi connectivity index (χ3n) is 4.05. The van der Waals surface area contributed by atoms with Gasteiger partial charge in [0.2, 0.25) is 0 Å². The molecule has 1 saturated heterocycles. The second-order valence-electron chi connectivity index (χ2n) is 6.00. The minimum Gasteiger partial charge on any atom is -0.493 e. The molecule has 7 heteroatoms. The van der Waals surface area contributed by atoms with E-state index in [1.54, 1.807) is 25.3 Å². The summed E-state index contributed by atoms with van der Waals surface area (Å²) in [4.78, 5) is 26.1. The number of halogens is 1. The molecule has 0 aliphatic carbocycles. The van der Waals surface area contributed by atoms with Gasteiger partial charge in [-0.05, 0) is 51.9 Å². The fraction of sp³-hybridized carbons (Fsp3) is 0.143. The highest BCUT2D eigenvalue weighted by molar-refractivity contribution is 14.1. The van der Waals surface area contributed by atoms with Crippen LogP contribution in [0.25, 0.3) is 6.08 Å². The number of nitrogens with zero attached hydrogens (tertiary/aromatic N) is 1. The quantitative estimate of drug-likeness (QED) is 0.276. The lowest BCUT2D eigenvalue weighted by atomic mass is 10.1. The van der Waals surface area contributed by atoms with Gasteiger partial charge in [0.15, 0.2) is 11.5 Å². The smallest absolute Gasteiger partial charge is 0.329 e. The van der Waals surface area contributed by atoms with Crippen LogP contribution < -0.4 is 14.8 Å². The van der Waals surface area contributed by atoms with Crippen LogP contribution in [-0.4, -0.2) is 30.6 Å². The predicted molar refractivity (Wildman–Crippen MR) is 115 cm³/mol. The van der Waals surface area contributed by atoms with E-state index in [0.29, 0.717) is 18.1 Å². The van der Waals surface area contributed by atoms with Gasteiger partial charge >= 0.3 is 6.03 Å². The largest absolute Gasteiger partial charge is 0.493 e. The lowest BCUT2D eigenvalue weighted by molar-refractivity contribution is -0.123. The molecule has 3 amide bonds. The monoisotopic (exact) mass is 490 g/mol. The number of nitrogens with one attached hydrogen (secondary N) is 1. The van der Waals surface area contributed by atoms with Crippen molar-refractivity contribution in [3.63, 3.8) is 0 Å². The number of hydrogen-bond acceptors (Lipinski definition) is 4. The lowest BCUT2D eigenvalue weighted by Gasteiger charge is -2.12. The molecule has 1 aliphatic heterocycles. The first kappa shape index (κ1) is 19.9. The average molecular weight is 490 g/mol. The van der Waals surface area contributed by atoms with Crippen LogP contribution in [0.5, 0.6) is 11.5 Å². The molecule has 1 aliphatic rings. The van der Waals surface area contributed by atoms with Gasteiger partial charge in [0.1, 0.15) is 12.3 Å². The normalized spacial score (nSPS) is 14.9. The highest BCUT2D eigenvalue weighted by atomic mass is 127. The summed E-state index contributed by atoms with van der Waals surface area (Å²) in [5.41, 5.74) is 1.82. The van der Waals surface area contributed by atoms with Gasteiger partial charge in [-0.2, -0.15) is 0 Å². The van der Waals surface area contributed by atoms with Crippen LogP contribution in [-0.2, 0) is 11.3 Å².